The molecule has 0 aliphatic heterocycles. The van der Waals surface area contributed by atoms with Crippen LogP contribution in [0, 0.1) is 6.92 Å². The predicted octanol–water partition coefficient (Wildman–Crippen LogP) is 10.6. The summed E-state index contributed by atoms with van der Waals surface area (Å²) in [6.45, 7) is 5.36. The lowest BCUT2D eigenvalue weighted by Gasteiger charge is -2.05. The first-order valence-electron chi connectivity index (χ1n) is 14.4. The number of para-hydroxylation sites is 1. The third-order valence-corrected chi connectivity index (χ3v) is 7.64. The molecule has 0 saturated heterocycles. The Kier molecular flexibility index (Phi) is 12.7. The van der Waals surface area contributed by atoms with E-state index in [9.17, 15) is 0 Å². The van der Waals surface area contributed by atoms with Crippen molar-refractivity contribution in [1.82, 2.24) is 0 Å². The second-order valence-corrected chi connectivity index (χ2v) is 10.6. The quantitative estimate of drug-likeness (QED) is 0.126. The Morgan fingerprint density at radius 2 is 1.14 bits per heavy atom. The molecule has 0 unspecified atom stereocenters. The van der Waals surface area contributed by atoms with Crippen LogP contribution in [0.4, 0.5) is 0 Å². The molecule has 192 valence electrons. The molecule has 0 saturated carbocycles. The Bertz CT molecular complexity index is 992. The number of aryl methyl sites for hydroxylation is 2. The summed E-state index contributed by atoms with van der Waals surface area (Å²) in [4.78, 5) is 0. The number of rotatable bonds is 18. The fourth-order valence-electron chi connectivity index (χ4n) is 5.24. The van der Waals surface area contributed by atoms with Gasteiger partial charge >= 0.3 is 5.89 Å². The van der Waals surface area contributed by atoms with E-state index in [1.807, 2.05) is 18.2 Å². The molecule has 0 spiro atoms. The third-order valence-electron chi connectivity index (χ3n) is 7.31. The van der Waals surface area contributed by atoms with Crippen molar-refractivity contribution in [3.05, 3.63) is 53.4 Å². The van der Waals surface area contributed by atoms with E-state index in [1.165, 1.54) is 108 Å². The Hall–Kier alpha value is -1.80. The van der Waals surface area contributed by atoms with Crippen molar-refractivity contribution in [1.29, 1.82) is 0 Å². The van der Waals surface area contributed by atoms with Gasteiger partial charge in [-0.1, -0.05) is 133 Å². The minimum Gasteiger partial charge on any atom is -0.402 e. The maximum absolute atomic E-state index is 6.53. The predicted molar refractivity (Wildman–Crippen MR) is 151 cm³/mol. The van der Waals surface area contributed by atoms with Gasteiger partial charge in [0.25, 0.3) is 5.52 Å². The van der Waals surface area contributed by atoms with Gasteiger partial charge in [-0.15, -0.1) is 0 Å². The van der Waals surface area contributed by atoms with Crippen LogP contribution in [0.3, 0.4) is 0 Å². The molecule has 1 heterocycles. The molecular weight excluding hydrogens is 450 g/mol. The summed E-state index contributed by atoms with van der Waals surface area (Å²) in [6.07, 6.45) is 22.3. The Labute approximate surface area is 219 Å². The van der Waals surface area contributed by atoms with Crippen LogP contribution >= 0.6 is 11.6 Å². The van der Waals surface area contributed by atoms with Crippen molar-refractivity contribution in [3.8, 4) is 11.1 Å². The van der Waals surface area contributed by atoms with Crippen molar-refractivity contribution >= 4 is 22.7 Å². The number of hydrogen-bond acceptors (Lipinski definition) is 1. The van der Waals surface area contributed by atoms with Crippen molar-refractivity contribution in [3.63, 3.8) is 0 Å². The summed E-state index contributed by atoms with van der Waals surface area (Å²) in [5, 5.41) is 0.785. The lowest BCUT2D eigenvalue weighted by Crippen LogP contribution is -2.35. The Morgan fingerprint density at radius 1 is 0.629 bits per heavy atom. The van der Waals surface area contributed by atoms with Crippen LogP contribution in [0.5, 0.6) is 0 Å². The summed E-state index contributed by atoms with van der Waals surface area (Å²) in [5.74, 6) is 0.973. The van der Waals surface area contributed by atoms with Gasteiger partial charge in [0.05, 0.1) is 12.5 Å². The summed E-state index contributed by atoms with van der Waals surface area (Å²) in [7, 11) is 0. The van der Waals surface area contributed by atoms with E-state index in [0.29, 0.717) is 0 Å². The van der Waals surface area contributed by atoms with E-state index >= 15 is 0 Å². The van der Waals surface area contributed by atoms with E-state index in [0.717, 1.165) is 34.2 Å². The number of oxazole rings is 1. The number of fused-ring (bicyclic) bond motifs is 1. The molecule has 0 radical (unpaired) electrons. The number of aromatic nitrogens is 1. The lowest BCUT2D eigenvalue weighted by molar-refractivity contribution is -0.682. The van der Waals surface area contributed by atoms with Crippen LogP contribution in [-0.2, 0) is 6.54 Å². The highest BCUT2D eigenvalue weighted by Gasteiger charge is 2.23. The minimum absolute atomic E-state index is 0.785. The first kappa shape index (κ1) is 27.8. The highest BCUT2D eigenvalue weighted by molar-refractivity contribution is 6.33. The fourth-order valence-corrected chi connectivity index (χ4v) is 5.48. The van der Waals surface area contributed by atoms with Crippen LogP contribution in [0.2, 0.25) is 5.02 Å². The Morgan fingerprint density at radius 3 is 1.71 bits per heavy atom. The van der Waals surface area contributed by atoms with Crippen molar-refractivity contribution in [2.45, 2.75) is 123 Å². The molecule has 1 aromatic heterocycles. The van der Waals surface area contributed by atoms with Crippen molar-refractivity contribution in [2.75, 3.05) is 0 Å². The van der Waals surface area contributed by atoms with Gasteiger partial charge in [0.2, 0.25) is 5.58 Å². The molecule has 3 rings (SSSR count). The van der Waals surface area contributed by atoms with Gasteiger partial charge in [0.1, 0.15) is 0 Å². The maximum atomic E-state index is 6.53. The number of halogens is 1. The zero-order valence-electron chi connectivity index (χ0n) is 22.3. The summed E-state index contributed by atoms with van der Waals surface area (Å²) in [5.41, 5.74) is 4.33. The molecule has 0 amide bonds. The van der Waals surface area contributed by atoms with Gasteiger partial charge < -0.3 is 4.42 Å². The normalized spacial score (nSPS) is 11.5. The van der Waals surface area contributed by atoms with Gasteiger partial charge in [-0.2, -0.15) is 4.57 Å². The number of nitrogens with zero attached hydrogens (tertiary/aromatic N) is 1. The molecule has 2 nitrogen and oxygen atoms in total. The van der Waals surface area contributed by atoms with Gasteiger partial charge in [-0.3, -0.25) is 0 Å². The number of unbranched alkanes of at least 4 members (excludes halogenated alkanes) is 15. The summed E-state index contributed by atoms with van der Waals surface area (Å²) in [6, 6.07) is 14.4. The molecular formula is C32H47ClNO+. The molecule has 2 aromatic carbocycles. The largest absolute Gasteiger partial charge is 0.402 e. The number of benzene rings is 2. The second kappa shape index (κ2) is 16.0. The second-order valence-electron chi connectivity index (χ2n) is 10.2. The van der Waals surface area contributed by atoms with E-state index in [4.69, 9.17) is 16.0 Å². The summed E-state index contributed by atoms with van der Waals surface area (Å²) < 4.78 is 8.45. The highest BCUT2D eigenvalue weighted by atomic mass is 35.5. The van der Waals surface area contributed by atoms with E-state index < -0.39 is 0 Å². The van der Waals surface area contributed by atoms with Crippen LogP contribution in [0.1, 0.15) is 116 Å². The van der Waals surface area contributed by atoms with Crippen molar-refractivity contribution < 1.29 is 8.98 Å². The van der Waals surface area contributed by atoms with Gasteiger partial charge in [-0.05, 0) is 24.6 Å². The molecule has 0 N–H and O–H groups in total. The first-order valence-corrected chi connectivity index (χ1v) is 14.8. The zero-order chi connectivity index (χ0) is 24.7. The monoisotopic (exact) mass is 496 g/mol. The molecule has 35 heavy (non-hydrogen) atoms. The lowest BCUT2D eigenvalue weighted by atomic mass is 10.0. The van der Waals surface area contributed by atoms with Crippen molar-refractivity contribution in [2.24, 2.45) is 0 Å². The molecule has 0 atom stereocenters. The molecule has 0 bridgehead atoms. The van der Waals surface area contributed by atoms with E-state index in [1.54, 1.807) is 0 Å². The van der Waals surface area contributed by atoms with Gasteiger partial charge in [0.15, 0.2) is 6.54 Å². The average Bonchev–Trinajstić information content (AvgIpc) is 3.19. The zero-order valence-corrected chi connectivity index (χ0v) is 23.1. The van der Waals surface area contributed by atoms with E-state index in [-0.39, 0.29) is 0 Å². The molecule has 0 fully saturated rings. The van der Waals surface area contributed by atoms with Crippen LogP contribution in [-0.4, -0.2) is 0 Å². The first-order chi connectivity index (χ1) is 17.2. The SMILES string of the molecule is CCCCCCCCCCCCCCCCCC[n+]1c(C)oc2cccc(-c3ccccc3Cl)c21. The maximum Gasteiger partial charge on any atom is 0.344 e. The molecule has 0 aliphatic carbocycles. The molecule has 3 heteroatoms. The third kappa shape index (κ3) is 8.98. The molecule has 0 aliphatic rings. The van der Waals surface area contributed by atoms with Gasteiger partial charge in [0, 0.05) is 17.0 Å². The standard InChI is InChI=1S/C32H47ClNO/c1-3-4-5-6-7-8-9-10-11-12-13-14-15-16-17-20-26-34-27(2)35-31-25-21-23-29(32(31)34)28-22-18-19-24-30(28)33/h18-19,21-25H,3-17,20,26H2,1-2H3/q+1. The highest BCUT2D eigenvalue weighted by Crippen LogP contribution is 2.32. The summed E-state index contributed by atoms with van der Waals surface area (Å²) >= 11 is 6.53. The van der Waals surface area contributed by atoms with Crippen LogP contribution in [0.25, 0.3) is 22.2 Å². The van der Waals surface area contributed by atoms with E-state index in [2.05, 4.69) is 42.7 Å². The Balaban J connectivity index is 1.32. The number of hydrogen-bond donors (Lipinski definition) is 0. The molecule has 3 aromatic rings. The smallest absolute Gasteiger partial charge is 0.344 e. The van der Waals surface area contributed by atoms with Crippen LogP contribution < -0.4 is 4.57 Å². The minimum atomic E-state index is 0.785. The topological polar surface area (TPSA) is 17.0 Å². The van der Waals surface area contributed by atoms with Gasteiger partial charge in [-0.25, -0.2) is 0 Å². The fraction of sp³-hybridized carbons (Fsp3) is 0.594. The average molecular weight is 497 g/mol. The van der Waals surface area contributed by atoms with Crippen LogP contribution in [0.15, 0.2) is 46.9 Å².